The van der Waals surface area contributed by atoms with Crippen LogP contribution in [0.1, 0.15) is 11.4 Å². The first kappa shape index (κ1) is 11.4. The van der Waals surface area contributed by atoms with Gasteiger partial charge in [0, 0.05) is 17.6 Å². The first-order chi connectivity index (χ1) is 7.65. The molecule has 0 amide bonds. The summed E-state index contributed by atoms with van der Waals surface area (Å²) < 4.78 is 0.433. The molecule has 0 unspecified atom stereocenters. The maximum Gasteiger partial charge on any atom is 0.265 e. The van der Waals surface area contributed by atoms with Gasteiger partial charge in [0.15, 0.2) is 0 Å². The molecule has 0 atom stereocenters. The number of hydrogen-bond donors (Lipinski definition) is 1. The van der Waals surface area contributed by atoms with Gasteiger partial charge in [-0.25, -0.2) is 4.98 Å². The molecule has 5 heteroatoms. The zero-order valence-electron chi connectivity index (χ0n) is 8.21. The fraction of sp³-hybridized carbons (Fsp3) is 0.0909. The lowest BCUT2D eigenvalue weighted by atomic mass is 10.1. The topological polar surface area (TPSA) is 45.8 Å². The molecule has 0 aliphatic rings. The van der Waals surface area contributed by atoms with E-state index in [1.54, 1.807) is 0 Å². The molecule has 16 heavy (non-hydrogen) atoms. The lowest BCUT2D eigenvalue weighted by Gasteiger charge is -2.01. The Balaban J connectivity index is 2.27. The molecule has 2 rings (SSSR count). The van der Waals surface area contributed by atoms with Crippen molar-refractivity contribution in [3.05, 3.63) is 61.7 Å². The molecule has 0 saturated carbocycles. The van der Waals surface area contributed by atoms with E-state index in [2.05, 4.69) is 25.9 Å². The van der Waals surface area contributed by atoms with Gasteiger partial charge in [0.25, 0.3) is 5.56 Å². The Labute approximate surface area is 106 Å². The Morgan fingerprint density at radius 1 is 1.44 bits per heavy atom. The highest BCUT2D eigenvalue weighted by Gasteiger charge is 2.01. The average molecular weight is 300 g/mol. The van der Waals surface area contributed by atoms with E-state index < -0.39 is 0 Å². The zero-order chi connectivity index (χ0) is 11.5. The van der Waals surface area contributed by atoms with Crippen molar-refractivity contribution in [1.29, 1.82) is 0 Å². The molecule has 3 nitrogen and oxygen atoms in total. The number of benzene rings is 1. The van der Waals surface area contributed by atoms with Crippen molar-refractivity contribution in [2.75, 3.05) is 0 Å². The van der Waals surface area contributed by atoms with E-state index in [4.69, 9.17) is 11.6 Å². The zero-order valence-corrected chi connectivity index (χ0v) is 10.5. The number of rotatable bonds is 2. The molecule has 1 aromatic carbocycles. The summed E-state index contributed by atoms with van der Waals surface area (Å²) in [6.07, 6.45) is 2.06. The van der Waals surface area contributed by atoms with E-state index in [0.717, 1.165) is 5.56 Å². The van der Waals surface area contributed by atoms with Gasteiger partial charge in [-0.15, -0.1) is 0 Å². The number of aromatic amines is 1. The number of aromatic nitrogens is 2. The molecular formula is C11H8BrClN2O. The third-order valence-corrected chi connectivity index (χ3v) is 2.87. The minimum atomic E-state index is -0.174. The number of nitrogens with zero attached hydrogens (tertiary/aromatic N) is 1. The summed E-state index contributed by atoms with van der Waals surface area (Å²) in [4.78, 5) is 18.1. The monoisotopic (exact) mass is 298 g/mol. The number of nitrogens with one attached hydrogen (secondary N) is 1. The predicted octanol–water partition coefficient (Wildman–Crippen LogP) is 2.78. The van der Waals surface area contributed by atoms with Crippen LogP contribution in [0.2, 0.25) is 5.02 Å². The van der Waals surface area contributed by atoms with Crippen LogP contribution in [0.3, 0.4) is 0 Å². The van der Waals surface area contributed by atoms with Crippen LogP contribution < -0.4 is 5.56 Å². The van der Waals surface area contributed by atoms with Gasteiger partial charge < -0.3 is 4.98 Å². The van der Waals surface area contributed by atoms with E-state index in [1.807, 2.05) is 24.3 Å². The van der Waals surface area contributed by atoms with Crippen LogP contribution in [0.4, 0.5) is 0 Å². The number of hydrogen-bond acceptors (Lipinski definition) is 2. The second-order valence-corrected chi connectivity index (χ2v) is 4.60. The van der Waals surface area contributed by atoms with Crippen molar-refractivity contribution in [2.24, 2.45) is 0 Å². The summed E-state index contributed by atoms with van der Waals surface area (Å²) in [5.74, 6) is 0.621. The van der Waals surface area contributed by atoms with Crippen molar-refractivity contribution in [3.63, 3.8) is 0 Å². The molecule has 1 heterocycles. The van der Waals surface area contributed by atoms with Crippen molar-refractivity contribution < 1.29 is 0 Å². The molecule has 0 spiro atoms. The predicted molar refractivity (Wildman–Crippen MR) is 66.8 cm³/mol. The Bertz CT molecular complexity index is 568. The van der Waals surface area contributed by atoms with Gasteiger partial charge in [-0.3, -0.25) is 4.79 Å². The van der Waals surface area contributed by atoms with Crippen LogP contribution in [0.5, 0.6) is 0 Å². The summed E-state index contributed by atoms with van der Waals surface area (Å²) >= 11 is 8.97. The Morgan fingerprint density at radius 3 is 2.94 bits per heavy atom. The van der Waals surface area contributed by atoms with E-state index in [1.165, 1.54) is 6.20 Å². The van der Waals surface area contributed by atoms with Gasteiger partial charge >= 0.3 is 0 Å². The summed E-state index contributed by atoms with van der Waals surface area (Å²) in [5, 5.41) is 0.678. The van der Waals surface area contributed by atoms with Crippen LogP contribution >= 0.6 is 27.5 Å². The maximum atomic E-state index is 11.3. The molecular weight excluding hydrogens is 291 g/mol. The van der Waals surface area contributed by atoms with Gasteiger partial charge in [-0.2, -0.15) is 0 Å². The molecule has 2 aromatic rings. The third kappa shape index (κ3) is 2.71. The van der Waals surface area contributed by atoms with Crippen LogP contribution in [0, 0.1) is 0 Å². The average Bonchev–Trinajstić information content (AvgIpc) is 2.24. The van der Waals surface area contributed by atoms with Crippen LogP contribution in [0.15, 0.2) is 39.7 Å². The van der Waals surface area contributed by atoms with Gasteiger partial charge in [0.2, 0.25) is 0 Å². The highest BCUT2D eigenvalue weighted by molar-refractivity contribution is 9.10. The first-order valence-corrected chi connectivity index (χ1v) is 5.80. The van der Waals surface area contributed by atoms with Crippen LogP contribution in [0.25, 0.3) is 0 Å². The quantitative estimate of drug-likeness (QED) is 0.927. The van der Waals surface area contributed by atoms with Gasteiger partial charge in [-0.05, 0) is 33.6 Å². The summed E-state index contributed by atoms with van der Waals surface area (Å²) in [5.41, 5.74) is 0.838. The highest BCUT2D eigenvalue weighted by Crippen LogP contribution is 2.12. The van der Waals surface area contributed by atoms with Crippen molar-refractivity contribution >= 4 is 27.5 Å². The molecule has 0 aliphatic carbocycles. The molecule has 0 aliphatic heterocycles. The highest BCUT2D eigenvalue weighted by atomic mass is 79.9. The Morgan fingerprint density at radius 2 is 2.25 bits per heavy atom. The summed E-state index contributed by atoms with van der Waals surface area (Å²) in [6, 6.07) is 7.47. The summed E-state index contributed by atoms with van der Waals surface area (Å²) in [6.45, 7) is 0. The molecule has 0 fully saturated rings. The fourth-order valence-electron chi connectivity index (χ4n) is 1.35. The second-order valence-electron chi connectivity index (χ2n) is 3.31. The molecule has 1 aromatic heterocycles. The minimum Gasteiger partial charge on any atom is -0.309 e. The van der Waals surface area contributed by atoms with Crippen molar-refractivity contribution in [3.8, 4) is 0 Å². The molecule has 0 saturated heterocycles. The van der Waals surface area contributed by atoms with E-state index >= 15 is 0 Å². The Kier molecular flexibility index (Phi) is 3.41. The third-order valence-electron chi connectivity index (χ3n) is 2.07. The smallest absolute Gasteiger partial charge is 0.265 e. The van der Waals surface area contributed by atoms with E-state index in [0.29, 0.717) is 21.7 Å². The Hall–Kier alpha value is -1.13. The number of halogens is 2. The maximum absolute atomic E-state index is 11.3. The van der Waals surface area contributed by atoms with E-state index in [9.17, 15) is 4.79 Å². The number of H-pyrrole nitrogens is 1. The van der Waals surface area contributed by atoms with Gasteiger partial charge in [0.05, 0.1) is 0 Å². The molecule has 0 bridgehead atoms. The van der Waals surface area contributed by atoms with E-state index in [-0.39, 0.29) is 5.56 Å². The van der Waals surface area contributed by atoms with Gasteiger partial charge in [0.1, 0.15) is 10.3 Å². The van der Waals surface area contributed by atoms with Crippen molar-refractivity contribution in [1.82, 2.24) is 9.97 Å². The lowest BCUT2D eigenvalue weighted by Crippen LogP contribution is -2.11. The van der Waals surface area contributed by atoms with Crippen LogP contribution in [-0.2, 0) is 6.42 Å². The largest absolute Gasteiger partial charge is 0.309 e. The van der Waals surface area contributed by atoms with Crippen LogP contribution in [-0.4, -0.2) is 9.97 Å². The minimum absolute atomic E-state index is 0.174. The first-order valence-electron chi connectivity index (χ1n) is 4.63. The molecule has 82 valence electrons. The summed E-state index contributed by atoms with van der Waals surface area (Å²) in [7, 11) is 0. The second kappa shape index (κ2) is 4.80. The van der Waals surface area contributed by atoms with Crippen molar-refractivity contribution in [2.45, 2.75) is 6.42 Å². The molecule has 1 N–H and O–H groups in total. The SMILES string of the molecule is O=c1[nH]c(Cc2cccc(Cl)c2)ncc1Br. The standard InChI is InChI=1S/C11H8BrClN2O/c12-9-6-14-10(15-11(9)16)5-7-2-1-3-8(13)4-7/h1-4,6H,5H2,(H,14,15,16). The normalized spacial score (nSPS) is 10.4. The molecule has 0 radical (unpaired) electrons. The lowest BCUT2D eigenvalue weighted by molar-refractivity contribution is 0.938. The van der Waals surface area contributed by atoms with Gasteiger partial charge in [-0.1, -0.05) is 23.7 Å². The fourth-order valence-corrected chi connectivity index (χ4v) is 1.76.